The van der Waals surface area contributed by atoms with E-state index >= 15 is 0 Å². The Hall–Kier alpha value is -3.85. The lowest BCUT2D eigenvalue weighted by molar-refractivity contribution is -0.139. The number of carbonyl (C=O) groups excluding carboxylic acids is 3. The number of benzene rings is 2. The number of Topliss-reactive ketones (excluding diaryl/α,β-unsaturated/α-hetero) is 2. The van der Waals surface area contributed by atoms with E-state index in [1.807, 2.05) is 0 Å². The Bertz CT molecular complexity index is 1220. The quantitative estimate of drug-likeness (QED) is 0.400. The molecule has 2 aromatic carbocycles. The molecule has 4 rings (SSSR count). The van der Waals surface area contributed by atoms with Gasteiger partial charge < -0.3 is 14.4 Å². The summed E-state index contributed by atoms with van der Waals surface area (Å²) in [7, 11) is 0. The van der Waals surface area contributed by atoms with Gasteiger partial charge in [0.25, 0.3) is 11.8 Å². The molecule has 1 aliphatic heterocycles. The zero-order valence-electron chi connectivity index (χ0n) is 19.1. The molecule has 2 unspecified atom stereocenters. The van der Waals surface area contributed by atoms with Gasteiger partial charge in [-0.3, -0.25) is 19.3 Å². The molecule has 9 heteroatoms. The Labute approximate surface area is 196 Å². The number of aliphatic hydroxyl groups excluding tert-OH is 1. The fraction of sp³-hybridized carbons (Fsp3) is 0.320. The first-order valence-electron chi connectivity index (χ1n) is 11.0. The van der Waals surface area contributed by atoms with Crippen LogP contribution in [0.4, 0.5) is 5.69 Å². The number of ketones is 2. The van der Waals surface area contributed by atoms with E-state index in [1.54, 1.807) is 69.3 Å². The van der Waals surface area contributed by atoms with Crippen LogP contribution >= 0.6 is 0 Å². The molecule has 0 radical (unpaired) electrons. The Morgan fingerprint density at radius 2 is 1.85 bits per heavy atom. The van der Waals surface area contributed by atoms with E-state index < -0.39 is 29.6 Å². The SMILES string of the molecule is Cc1noc(-c2ccc(N3C(=O)C(=O)C(C(=O)C(C)C)C3c3ccccc3OCCO)cc2)n1. The summed E-state index contributed by atoms with van der Waals surface area (Å²) < 4.78 is 10.9. The second-order valence-corrected chi connectivity index (χ2v) is 8.32. The van der Waals surface area contributed by atoms with Gasteiger partial charge in [0.05, 0.1) is 12.6 Å². The number of carbonyl (C=O) groups is 3. The summed E-state index contributed by atoms with van der Waals surface area (Å²) in [6, 6.07) is 12.8. The first-order valence-corrected chi connectivity index (χ1v) is 11.0. The second kappa shape index (κ2) is 9.56. The molecule has 9 nitrogen and oxygen atoms in total. The van der Waals surface area contributed by atoms with Crippen molar-refractivity contribution in [1.29, 1.82) is 0 Å². The smallest absolute Gasteiger partial charge is 0.295 e. The topological polar surface area (TPSA) is 123 Å². The van der Waals surface area contributed by atoms with Gasteiger partial charge in [-0.2, -0.15) is 4.98 Å². The Morgan fingerprint density at radius 1 is 1.15 bits per heavy atom. The molecule has 1 amide bonds. The van der Waals surface area contributed by atoms with E-state index in [0.717, 1.165) is 0 Å². The van der Waals surface area contributed by atoms with Crippen molar-refractivity contribution in [3.05, 3.63) is 59.9 Å². The Kier molecular flexibility index (Phi) is 6.56. The van der Waals surface area contributed by atoms with E-state index in [2.05, 4.69) is 10.1 Å². The van der Waals surface area contributed by atoms with Crippen molar-refractivity contribution >= 4 is 23.2 Å². The van der Waals surface area contributed by atoms with Crippen molar-refractivity contribution in [2.45, 2.75) is 26.8 Å². The van der Waals surface area contributed by atoms with Crippen LogP contribution in [0.3, 0.4) is 0 Å². The number of para-hydroxylation sites is 1. The van der Waals surface area contributed by atoms with Crippen molar-refractivity contribution in [2.75, 3.05) is 18.1 Å². The van der Waals surface area contributed by atoms with Crippen LogP contribution in [0.25, 0.3) is 11.5 Å². The van der Waals surface area contributed by atoms with E-state index in [0.29, 0.717) is 34.3 Å². The third-order valence-corrected chi connectivity index (χ3v) is 5.69. The summed E-state index contributed by atoms with van der Waals surface area (Å²) in [6.45, 7) is 4.95. The summed E-state index contributed by atoms with van der Waals surface area (Å²) in [5.41, 5.74) is 1.62. The lowest BCUT2D eigenvalue weighted by Crippen LogP contribution is -2.32. The number of aromatic nitrogens is 2. The number of nitrogens with zero attached hydrogens (tertiary/aromatic N) is 3. The molecule has 2 atom stereocenters. The summed E-state index contributed by atoms with van der Waals surface area (Å²) in [5, 5.41) is 13.0. The molecule has 0 saturated carbocycles. The number of rotatable bonds is 8. The van der Waals surface area contributed by atoms with Crippen LogP contribution in [0.15, 0.2) is 53.1 Å². The molecule has 1 N–H and O–H groups in total. The van der Waals surface area contributed by atoms with Crippen molar-refractivity contribution < 1.29 is 28.8 Å². The van der Waals surface area contributed by atoms with Gasteiger partial charge in [-0.25, -0.2) is 0 Å². The van der Waals surface area contributed by atoms with E-state index in [4.69, 9.17) is 9.26 Å². The zero-order chi connectivity index (χ0) is 24.4. The molecule has 176 valence electrons. The number of hydrogen-bond acceptors (Lipinski definition) is 8. The van der Waals surface area contributed by atoms with Gasteiger partial charge in [0.15, 0.2) is 5.82 Å². The average molecular weight is 463 g/mol. The molecule has 0 bridgehead atoms. The minimum absolute atomic E-state index is 0.0344. The highest BCUT2D eigenvalue weighted by molar-refractivity contribution is 6.48. The number of anilines is 1. The van der Waals surface area contributed by atoms with Gasteiger partial charge in [-0.05, 0) is 37.3 Å². The van der Waals surface area contributed by atoms with Gasteiger partial charge in [0.2, 0.25) is 5.78 Å². The van der Waals surface area contributed by atoms with Crippen LogP contribution in [0.1, 0.15) is 31.3 Å². The maximum Gasteiger partial charge on any atom is 0.295 e. The number of amides is 1. The molecule has 34 heavy (non-hydrogen) atoms. The maximum absolute atomic E-state index is 13.2. The van der Waals surface area contributed by atoms with E-state index in [-0.39, 0.29) is 19.0 Å². The third kappa shape index (κ3) is 4.22. The van der Waals surface area contributed by atoms with Crippen molar-refractivity contribution in [1.82, 2.24) is 10.1 Å². The molecule has 2 heterocycles. The largest absolute Gasteiger partial charge is 0.491 e. The summed E-state index contributed by atoms with van der Waals surface area (Å²) in [4.78, 5) is 45.0. The molecule has 1 aliphatic rings. The molecular weight excluding hydrogens is 438 g/mol. The molecule has 0 aliphatic carbocycles. The monoisotopic (exact) mass is 463 g/mol. The van der Waals surface area contributed by atoms with Crippen LogP contribution in [0.5, 0.6) is 5.75 Å². The van der Waals surface area contributed by atoms with Gasteiger partial charge in [0.1, 0.15) is 24.1 Å². The van der Waals surface area contributed by atoms with Crippen molar-refractivity contribution in [2.24, 2.45) is 11.8 Å². The number of aliphatic hydroxyl groups is 1. The first-order chi connectivity index (χ1) is 16.3. The van der Waals surface area contributed by atoms with Crippen molar-refractivity contribution in [3.8, 4) is 17.2 Å². The van der Waals surface area contributed by atoms with Gasteiger partial charge in [0, 0.05) is 22.7 Å². The normalized spacial score (nSPS) is 18.1. The maximum atomic E-state index is 13.2. The summed E-state index contributed by atoms with van der Waals surface area (Å²) in [6.07, 6.45) is 0. The number of aryl methyl sites for hydroxylation is 1. The molecule has 0 spiro atoms. The van der Waals surface area contributed by atoms with Crippen LogP contribution in [0, 0.1) is 18.8 Å². The van der Waals surface area contributed by atoms with Crippen LogP contribution in [-0.2, 0) is 14.4 Å². The van der Waals surface area contributed by atoms with Gasteiger partial charge >= 0.3 is 0 Å². The minimum Gasteiger partial charge on any atom is -0.491 e. The van der Waals surface area contributed by atoms with Gasteiger partial charge in [-0.15, -0.1) is 0 Å². The Morgan fingerprint density at radius 3 is 2.47 bits per heavy atom. The van der Waals surface area contributed by atoms with Crippen LogP contribution in [-0.4, -0.2) is 45.9 Å². The number of hydrogen-bond donors (Lipinski definition) is 1. The minimum atomic E-state index is -1.18. The molecular formula is C25H25N3O6. The van der Waals surface area contributed by atoms with E-state index in [1.165, 1.54) is 4.90 Å². The first kappa shape index (κ1) is 23.3. The molecule has 1 aromatic heterocycles. The molecule has 3 aromatic rings. The highest BCUT2D eigenvalue weighted by Gasteiger charge is 2.53. The average Bonchev–Trinajstić information content (AvgIpc) is 3.38. The predicted molar refractivity (Wildman–Crippen MR) is 122 cm³/mol. The highest BCUT2D eigenvalue weighted by Crippen LogP contribution is 2.44. The third-order valence-electron chi connectivity index (χ3n) is 5.69. The summed E-state index contributed by atoms with van der Waals surface area (Å²) in [5.74, 6) is -2.23. The standard InChI is InChI=1S/C25H25N3O6/c1-14(2)22(30)20-21(18-6-4-5-7-19(18)33-13-12-29)28(25(32)23(20)31)17-10-8-16(9-11-17)24-26-15(3)27-34-24/h4-11,14,20-21,29H,12-13H2,1-3H3. The molecule has 1 fully saturated rings. The molecule has 1 saturated heterocycles. The summed E-state index contributed by atoms with van der Waals surface area (Å²) >= 11 is 0. The van der Waals surface area contributed by atoms with E-state index in [9.17, 15) is 19.5 Å². The van der Waals surface area contributed by atoms with Crippen LogP contribution < -0.4 is 9.64 Å². The second-order valence-electron chi connectivity index (χ2n) is 8.32. The van der Waals surface area contributed by atoms with Crippen LogP contribution in [0.2, 0.25) is 0 Å². The van der Waals surface area contributed by atoms with Crippen molar-refractivity contribution in [3.63, 3.8) is 0 Å². The zero-order valence-corrected chi connectivity index (χ0v) is 19.1. The fourth-order valence-corrected chi connectivity index (χ4v) is 4.10. The lowest BCUT2D eigenvalue weighted by atomic mass is 9.84. The predicted octanol–water partition coefficient (Wildman–Crippen LogP) is 2.91. The Balaban J connectivity index is 1.81. The number of ether oxygens (including phenoxy) is 1. The fourth-order valence-electron chi connectivity index (χ4n) is 4.10. The lowest BCUT2D eigenvalue weighted by Gasteiger charge is -2.29. The highest BCUT2D eigenvalue weighted by atomic mass is 16.5. The van der Waals surface area contributed by atoms with Gasteiger partial charge in [-0.1, -0.05) is 37.2 Å².